The number of carbonyl (C=O) groups is 2. The molecule has 2 amide bonds. The fourth-order valence-corrected chi connectivity index (χ4v) is 13.5. The first-order chi connectivity index (χ1) is 36.6. The minimum atomic E-state index is -0.332. The number of aromatic hydroxyl groups is 1. The smallest absolute Gasteiger partial charge is 0.231 e. The van der Waals surface area contributed by atoms with Gasteiger partial charge in [0.1, 0.15) is 17.5 Å². The number of ether oxygens (including phenoxy) is 1. The number of phenolic OH excluding ortho intramolecular Hbond substituents is 1. The van der Waals surface area contributed by atoms with Crippen LogP contribution in [0.25, 0.3) is 16.1 Å². The molecular weight excluding hydrogens is 977 g/mol. The number of likely N-dealkylation sites (tertiary alicyclic amines) is 2. The molecule has 1 saturated carbocycles. The van der Waals surface area contributed by atoms with Gasteiger partial charge in [0.05, 0.1) is 35.0 Å². The van der Waals surface area contributed by atoms with Gasteiger partial charge in [-0.2, -0.15) is 0 Å². The van der Waals surface area contributed by atoms with Crippen LogP contribution in [0.3, 0.4) is 0 Å². The zero-order valence-corrected chi connectivity index (χ0v) is 46.6. The summed E-state index contributed by atoms with van der Waals surface area (Å²) >= 11 is 1.70. The molecule has 10 N–H and O–H groups in total. The highest BCUT2D eigenvalue weighted by Gasteiger charge is 2.53. The molecule has 4 atom stereocenters. The quantitative estimate of drug-likeness (QED) is 0.0371. The SMILES string of the molecule is CN1C2CCC1CN(C(/C=C(\N)c1ccccc1O)=C(N)N)C2.Cc1ncsc1-c1ccc(C(C)CCCCNC(=O)C(c2cc(N3CCC(CN4CC5(CC(N6CCOCC6)C5)C4)CC3)no2)C(C)C)cc1.NC=O. The van der Waals surface area contributed by atoms with Gasteiger partial charge in [-0.05, 0) is 118 Å². The number of primary amides is 1. The van der Waals surface area contributed by atoms with Crippen LogP contribution in [0.4, 0.5) is 5.82 Å². The van der Waals surface area contributed by atoms with E-state index in [2.05, 4.69) is 105 Å². The Morgan fingerprint density at radius 3 is 2.22 bits per heavy atom. The summed E-state index contributed by atoms with van der Waals surface area (Å²) in [5, 5.41) is 17.6. The number of nitrogens with one attached hydrogen (secondary N) is 1. The van der Waals surface area contributed by atoms with E-state index in [1.807, 2.05) is 17.6 Å². The lowest BCUT2D eigenvalue weighted by Crippen LogP contribution is -2.67. The molecule has 2 aromatic heterocycles. The minimum absolute atomic E-state index is 0.0402. The van der Waals surface area contributed by atoms with Gasteiger partial charge in [0.15, 0.2) is 11.6 Å². The monoisotopic (exact) mass is 1060 g/mol. The van der Waals surface area contributed by atoms with Crippen LogP contribution in [0.2, 0.25) is 0 Å². The number of allylic oxidation sites excluding steroid dienone is 1. The van der Waals surface area contributed by atoms with Crippen LogP contribution >= 0.6 is 11.3 Å². The Morgan fingerprint density at radius 1 is 0.934 bits per heavy atom. The largest absolute Gasteiger partial charge is 0.507 e. The Labute approximate surface area is 455 Å². The van der Waals surface area contributed by atoms with Gasteiger partial charge < -0.3 is 57.3 Å². The molecule has 2 bridgehead atoms. The van der Waals surface area contributed by atoms with E-state index >= 15 is 0 Å². The van der Waals surface area contributed by atoms with Gasteiger partial charge >= 0.3 is 0 Å². The summed E-state index contributed by atoms with van der Waals surface area (Å²) in [5.74, 6) is 3.03. The summed E-state index contributed by atoms with van der Waals surface area (Å²) in [7, 11) is 2.18. The summed E-state index contributed by atoms with van der Waals surface area (Å²) in [4.78, 5) is 40.0. The van der Waals surface area contributed by atoms with Gasteiger partial charge in [-0.15, -0.1) is 11.3 Å². The first kappa shape index (κ1) is 56.5. The van der Waals surface area contributed by atoms with E-state index in [-0.39, 0.29) is 35.7 Å². The zero-order chi connectivity index (χ0) is 53.9. The molecule has 6 aliphatic rings. The number of likely N-dealkylation sites (N-methyl/N-ethyl adjacent to an activating group) is 1. The third kappa shape index (κ3) is 13.9. The number of morpholine rings is 1. The molecule has 0 radical (unpaired) electrons. The number of piperazine rings is 1. The van der Waals surface area contributed by atoms with Crippen LogP contribution in [-0.4, -0.2) is 151 Å². The normalized spacial score (nSPS) is 21.9. The van der Waals surface area contributed by atoms with Crippen molar-refractivity contribution in [2.45, 2.75) is 115 Å². The van der Waals surface area contributed by atoms with Gasteiger partial charge in [0.2, 0.25) is 12.3 Å². The van der Waals surface area contributed by atoms with Crippen molar-refractivity contribution in [2.75, 3.05) is 90.6 Å². The maximum absolute atomic E-state index is 13.4. The number of piperidine rings is 1. The van der Waals surface area contributed by atoms with Crippen molar-refractivity contribution in [1.82, 2.24) is 35.1 Å². The number of hydrogen-bond donors (Lipinski definition) is 6. The lowest BCUT2D eigenvalue weighted by atomic mass is 9.60. The van der Waals surface area contributed by atoms with Crippen LogP contribution in [0.15, 0.2) is 82.2 Å². The topological polar surface area (TPSA) is 235 Å². The summed E-state index contributed by atoms with van der Waals surface area (Å²) in [5.41, 5.74) is 30.2. The maximum atomic E-state index is 13.4. The molecule has 414 valence electrons. The zero-order valence-electron chi connectivity index (χ0n) is 45.7. The van der Waals surface area contributed by atoms with E-state index in [0.29, 0.717) is 47.0 Å². The van der Waals surface area contributed by atoms with E-state index in [4.69, 9.17) is 31.3 Å². The third-order valence-electron chi connectivity index (χ3n) is 17.1. The first-order valence-corrected chi connectivity index (χ1v) is 28.7. The number of aryl methyl sites for hydroxylation is 1. The number of hydrogen-bond acceptors (Lipinski definition) is 16. The first-order valence-electron chi connectivity index (χ1n) is 27.8. The predicted molar refractivity (Wildman–Crippen MR) is 303 cm³/mol. The Kier molecular flexibility index (Phi) is 19.4. The van der Waals surface area contributed by atoms with Crippen molar-refractivity contribution in [3.8, 4) is 16.2 Å². The van der Waals surface area contributed by atoms with Crippen molar-refractivity contribution in [1.29, 1.82) is 0 Å². The van der Waals surface area contributed by atoms with Crippen molar-refractivity contribution in [3.05, 3.63) is 100 Å². The van der Waals surface area contributed by atoms with Crippen LogP contribution in [-0.2, 0) is 14.3 Å². The van der Waals surface area contributed by atoms with Crippen LogP contribution < -0.4 is 33.2 Å². The van der Waals surface area contributed by atoms with Crippen molar-refractivity contribution >= 4 is 35.2 Å². The second kappa shape index (κ2) is 26.1. The number of nitrogens with two attached hydrogens (primary N) is 4. The summed E-state index contributed by atoms with van der Waals surface area (Å²) in [6.07, 6.45) is 12.7. The standard InChI is InChI=1S/C40H58N6O3S.C17H25N5O.CH3NO/c1-28(2)37(39(47)41-14-6-5-7-29(3)32-8-10-33(11-9-32)38-30(4)42-27-50-38)35-21-36(43-49-35)46-15-12-31(13-16-46)24-44-25-40(26-44)22-34(23-40)45-17-19-48-20-18-45;1-21-11-6-7-12(21)10-22(9-11)15(17(19)20)8-14(18)13-4-2-3-5-16(13)23;2-1-3/h8-11,21,27-29,31,34,37H,5-7,12-20,22-26H2,1-4H3,(H,41,47);2-5,8,11-12,23H,6-7,9-10,18-20H2,1H3;1H,(H2,2,3)/b;14-8-;. The fourth-order valence-electron chi connectivity index (χ4n) is 12.7. The number of para-hydroxylation sites is 1. The number of aromatic nitrogens is 2. The number of unbranched alkanes of at least 4 members (excludes halogenated alkanes) is 1. The number of benzene rings is 2. The minimum Gasteiger partial charge on any atom is -0.507 e. The van der Waals surface area contributed by atoms with Gasteiger partial charge in [-0.3, -0.25) is 19.4 Å². The molecular formula is C58H86N12O5S. The number of anilines is 1. The highest BCUT2D eigenvalue weighted by molar-refractivity contribution is 7.13. The van der Waals surface area contributed by atoms with Gasteiger partial charge in [0, 0.05) is 101 Å². The average Bonchev–Trinajstić information content (AvgIpc) is 4.12. The molecule has 4 aromatic rings. The van der Waals surface area contributed by atoms with E-state index < -0.39 is 0 Å². The molecule has 4 unspecified atom stereocenters. The Bertz CT molecular complexity index is 2540. The molecule has 17 nitrogen and oxygen atoms in total. The molecule has 7 heterocycles. The summed E-state index contributed by atoms with van der Waals surface area (Å²) < 4.78 is 11.4. The van der Waals surface area contributed by atoms with E-state index in [9.17, 15) is 9.90 Å². The summed E-state index contributed by atoms with van der Waals surface area (Å²) in [6, 6.07) is 19.8. The van der Waals surface area contributed by atoms with Crippen molar-refractivity contribution in [3.63, 3.8) is 0 Å². The molecule has 18 heteroatoms. The average molecular weight is 1060 g/mol. The number of carbonyl (C=O) groups excluding carboxylic acids is 2. The maximum Gasteiger partial charge on any atom is 0.231 e. The van der Waals surface area contributed by atoms with Crippen molar-refractivity contribution < 1.29 is 24.0 Å². The lowest BCUT2D eigenvalue weighted by molar-refractivity contribution is -0.126. The summed E-state index contributed by atoms with van der Waals surface area (Å²) in [6.45, 7) is 20.9. The van der Waals surface area contributed by atoms with E-state index in [1.54, 1.807) is 35.6 Å². The van der Waals surface area contributed by atoms with Crippen LogP contribution in [0.1, 0.15) is 113 Å². The van der Waals surface area contributed by atoms with E-state index in [1.165, 1.54) is 74.2 Å². The number of amides is 2. The molecule has 2 aromatic carbocycles. The molecule has 1 spiro atoms. The predicted octanol–water partition coefficient (Wildman–Crippen LogP) is 6.61. The highest BCUT2D eigenvalue weighted by atomic mass is 32.1. The number of rotatable bonds is 17. The molecule has 5 aliphatic heterocycles. The molecule has 10 rings (SSSR count). The van der Waals surface area contributed by atoms with Gasteiger partial charge in [-0.25, -0.2) is 4.98 Å². The van der Waals surface area contributed by atoms with Gasteiger partial charge in [-0.1, -0.05) is 68.7 Å². The van der Waals surface area contributed by atoms with Crippen LogP contribution in [0, 0.1) is 24.2 Å². The van der Waals surface area contributed by atoms with E-state index in [0.717, 1.165) is 101 Å². The second-order valence-electron chi connectivity index (χ2n) is 22.7. The molecule has 76 heavy (non-hydrogen) atoms. The fraction of sp³-hybridized carbons (Fsp3) is 0.586. The Morgan fingerprint density at radius 2 is 1.61 bits per heavy atom. The highest BCUT2D eigenvalue weighted by Crippen LogP contribution is 2.51. The number of nitrogens with zero attached hydrogens (tertiary/aromatic N) is 7. The van der Waals surface area contributed by atoms with Crippen molar-refractivity contribution in [2.24, 2.45) is 40.2 Å². The molecule has 5 saturated heterocycles. The Balaban J connectivity index is 0.000000245. The van der Waals surface area contributed by atoms with Gasteiger partial charge in [0.25, 0.3) is 0 Å². The molecule has 6 fully saturated rings. The third-order valence-corrected chi connectivity index (χ3v) is 18.1. The Hall–Kier alpha value is -5.66. The lowest BCUT2D eigenvalue weighted by Gasteiger charge is -2.62. The second-order valence-corrected chi connectivity index (χ2v) is 23.6. The number of thiazole rings is 1. The number of fused-ring (bicyclic) bond motifs is 2. The molecule has 1 aliphatic carbocycles. The number of phenols is 1. The van der Waals surface area contributed by atoms with Crippen LogP contribution in [0.5, 0.6) is 5.75 Å².